The molecule has 0 atom stereocenters. The van der Waals surface area contributed by atoms with E-state index < -0.39 is 0 Å². The standard InChI is InChI=1S/C15H23N3OS/c1-12-3-4-13(11-18-5-7-20-8-6-18)9-14(12)17-15(19)10-16-2/h3-4,9,16H,5-8,10-11H2,1-2H3,(H,17,19). The normalized spacial score (nSPS) is 16.1. The Morgan fingerprint density at radius 1 is 1.35 bits per heavy atom. The number of hydrogen-bond donors (Lipinski definition) is 2. The first-order chi connectivity index (χ1) is 9.69. The molecule has 0 saturated carbocycles. The number of anilines is 1. The van der Waals surface area contributed by atoms with Crippen LogP contribution in [0.15, 0.2) is 18.2 Å². The molecular formula is C15H23N3OS. The summed E-state index contributed by atoms with van der Waals surface area (Å²) >= 11 is 2.02. The van der Waals surface area contributed by atoms with Crippen LogP contribution < -0.4 is 10.6 Å². The maximum absolute atomic E-state index is 11.7. The number of carbonyl (C=O) groups is 1. The molecule has 1 aliphatic rings. The van der Waals surface area contributed by atoms with Crippen molar-refractivity contribution in [2.24, 2.45) is 0 Å². The van der Waals surface area contributed by atoms with E-state index in [1.165, 1.54) is 17.1 Å². The molecule has 4 nitrogen and oxygen atoms in total. The number of carbonyl (C=O) groups excluding carboxylic acids is 1. The van der Waals surface area contributed by atoms with Crippen LogP contribution in [-0.2, 0) is 11.3 Å². The van der Waals surface area contributed by atoms with E-state index in [0.29, 0.717) is 6.54 Å². The third-order valence-electron chi connectivity index (χ3n) is 3.42. The molecule has 1 fully saturated rings. The SMILES string of the molecule is CNCC(=O)Nc1cc(CN2CCSCC2)ccc1C. The van der Waals surface area contributed by atoms with Crippen LogP contribution in [0.1, 0.15) is 11.1 Å². The van der Waals surface area contributed by atoms with Gasteiger partial charge in [-0.3, -0.25) is 9.69 Å². The first-order valence-corrected chi connectivity index (χ1v) is 8.18. The van der Waals surface area contributed by atoms with Crippen molar-refractivity contribution in [1.82, 2.24) is 10.2 Å². The van der Waals surface area contributed by atoms with Gasteiger partial charge in [0, 0.05) is 36.8 Å². The molecule has 0 radical (unpaired) electrons. The number of nitrogens with one attached hydrogen (secondary N) is 2. The molecule has 1 aromatic rings. The zero-order valence-electron chi connectivity index (χ0n) is 12.2. The maximum Gasteiger partial charge on any atom is 0.238 e. The van der Waals surface area contributed by atoms with Crippen LogP contribution in [0.4, 0.5) is 5.69 Å². The van der Waals surface area contributed by atoms with Gasteiger partial charge in [-0.1, -0.05) is 12.1 Å². The van der Waals surface area contributed by atoms with Gasteiger partial charge in [0.05, 0.1) is 6.54 Å². The molecular weight excluding hydrogens is 270 g/mol. The van der Waals surface area contributed by atoms with Gasteiger partial charge in [-0.25, -0.2) is 0 Å². The van der Waals surface area contributed by atoms with Crippen LogP contribution in [0.2, 0.25) is 0 Å². The zero-order chi connectivity index (χ0) is 14.4. The lowest BCUT2D eigenvalue weighted by Gasteiger charge is -2.26. The van der Waals surface area contributed by atoms with Crippen molar-refractivity contribution in [3.05, 3.63) is 29.3 Å². The molecule has 1 aromatic carbocycles. The molecule has 110 valence electrons. The van der Waals surface area contributed by atoms with Gasteiger partial charge in [-0.05, 0) is 31.2 Å². The molecule has 0 bridgehead atoms. The fourth-order valence-electron chi connectivity index (χ4n) is 2.27. The highest BCUT2D eigenvalue weighted by molar-refractivity contribution is 7.99. The second-order valence-corrected chi connectivity index (χ2v) is 6.34. The predicted molar refractivity (Wildman–Crippen MR) is 86.3 cm³/mol. The van der Waals surface area contributed by atoms with E-state index in [-0.39, 0.29) is 5.91 Å². The molecule has 0 unspecified atom stereocenters. The minimum atomic E-state index is 0.00197. The third-order valence-corrected chi connectivity index (χ3v) is 4.37. The van der Waals surface area contributed by atoms with Crippen molar-refractivity contribution in [2.45, 2.75) is 13.5 Å². The lowest BCUT2D eigenvalue weighted by atomic mass is 10.1. The Kier molecular flexibility index (Phi) is 5.88. The van der Waals surface area contributed by atoms with Crippen molar-refractivity contribution in [1.29, 1.82) is 0 Å². The quantitative estimate of drug-likeness (QED) is 0.867. The topological polar surface area (TPSA) is 44.4 Å². The molecule has 2 rings (SSSR count). The van der Waals surface area contributed by atoms with Crippen molar-refractivity contribution in [3.8, 4) is 0 Å². The van der Waals surface area contributed by atoms with E-state index in [4.69, 9.17) is 0 Å². The van der Waals surface area contributed by atoms with Crippen molar-refractivity contribution in [2.75, 3.05) is 43.5 Å². The largest absolute Gasteiger partial charge is 0.325 e. The van der Waals surface area contributed by atoms with Gasteiger partial charge in [-0.2, -0.15) is 11.8 Å². The van der Waals surface area contributed by atoms with Crippen molar-refractivity contribution < 1.29 is 4.79 Å². The summed E-state index contributed by atoms with van der Waals surface area (Å²) in [6.45, 7) is 5.64. The predicted octanol–water partition coefficient (Wildman–Crippen LogP) is 1.70. The minimum Gasteiger partial charge on any atom is -0.325 e. The second-order valence-electron chi connectivity index (χ2n) is 5.12. The zero-order valence-corrected chi connectivity index (χ0v) is 13.1. The molecule has 1 heterocycles. The molecule has 2 N–H and O–H groups in total. The summed E-state index contributed by atoms with van der Waals surface area (Å²) in [6.07, 6.45) is 0. The monoisotopic (exact) mass is 293 g/mol. The molecule has 0 spiro atoms. The summed E-state index contributed by atoms with van der Waals surface area (Å²) < 4.78 is 0. The fraction of sp³-hybridized carbons (Fsp3) is 0.533. The highest BCUT2D eigenvalue weighted by atomic mass is 32.2. The van der Waals surface area contributed by atoms with Gasteiger partial charge in [0.15, 0.2) is 0 Å². The van der Waals surface area contributed by atoms with Crippen LogP contribution in [0.3, 0.4) is 0 Å². The number of aryl methyl sites for hydroxylation is 1. The summed E-state index contributed by atoms with van der Waals surface area (Å²) in [5.41, 5.74) is 3.30. The Balaban J connectivity index is 2.01. The Morgan fingerprint density at radius 2 is 2.10 bits per heavy atom. The summed E-state index contributed by atoms with van der Waals surface area (Å²) in [5, 5.41) is 5.83. The highest BCUT2D eigenvalue weighted by Gasteiger charge is 2.12. The number of amides is 1. The molecule has 0 aromatic heterocycles. The van der Waals surface area contributed by atoms with Crippen molar-refractivity contribution >= 4 is 23.4 Å². The molecule has 1 amide bonds. The number of rotatable bonds is 5. The average Bonchev–Trinajstić information content (AvgIpc) is 2.44. The van der Waals surface area contributed by atoms with Crippen LogP contribution in [0.25, 0.3) is 0 Å². The first kappa shape index (κ1) is 15.4. The summed E-state index contributed by atoms with van der Waals surface area (Å²) in [6, 6.07) is 6.35. The molecule has 1 saturated heterocycles. The van der Waals surface area contributed by atoms with E-state index in [1.807, 2.05) is 18.7 Å². The van der Waals surface area contributed by atoms with Crippen LogP contribution in [0, 0.1) is 6.92 Å². The van der Waals surface area contributed by atoms with E-state index in [9.17, 15) is 4.79 Å². The van der Waals surface area contributed by atoms with E-state index in [0.717, 1.165) is 30.9 Å². The first-order valence-electron chi connectivity index (χ1n) is 7.03. The summed E-state index contributed by atoms with van der Waals surface area (Å²) in [5.74, 6) is 2.44. The number of nitrogens with zero attached hydrogens (tertiary/aromatic N) is 1. The lowest BCUT2D eigenvalue weighted by Crippen LogP contribution is -2.32. The van der Waals surface area contributed by atoms with E-state index >= 15 is 0 Å². The van der Waals surface area contributed by atoms with Gasteiger partial charge in [0.1, 0.15) is 0 Å². The molecule has 20 heavy (non-hydrogen) atoms. The number of likely N-dealkylation sites (N-methyl/N-ethyl adjacent to an activating group) is 1. The summed E-state index contributed by atoms with van der Waals surface area (Å²) in [4.78, 5) is 14.2. The minimum absolute atomic E-state index is 0.00197. The van der Waals surface area contributed by atoms with Gasteiger partial charge >= 0.3 is 0 Å². The second kappa shape index (κ2) is 7.67. The fourth-order valence-corrected chi connectivity index (χ4v) is 3.25. The van der Waals surface area contributed by atoms with Gasteiger partial charge in [0.25, 0.3) is 0 Å². The Morgan fingerprint density at radius 3 is 2.80 bits per heavy atom. The Bertz CT molecular complexity index is 458. The number of thioether (sulfide) groups is 1. The smallest absolute Gasteiger partial charge is 0.238 e. The Hall–Kier alpha value is -1.04. The highest BCUT2D eigenvalue weighted by Crippen LogP contribution is 2.19. The average molecular weight is 293 g/mol. The lowest BCUT2D eigenvalue weighted by molar-refractivity contribution is -0.115. The molecule has 5 heteroatoms. The maximum atomic E-state index is 11.7. The molecule has 1 aliphatic heterocycles. The number of hydrogen-bond acceptors (Lipinski definition) is 4. The Labute approximate surface area is 125 Å². The number of benzene rings is 1. The van der Waals surface area contributed by atoms with Gasteiger partial charge < -0.3 is 10.6 Å². The van der Waals surface area contributed by atoms with Crippen LogP contribution >= 0.6 is 11.8 Å². The van der Waals surface area contributed by atoms with Gasteiger partial charge in [0.2, 0.25) is 5.91 Å². The third kappa shape index (κ3) is 4.51. The van der Waals surface area contributed by atoms with Crippen molar-refractivity contribution in [3.63, 3.8) is 0 Å². The van der Waals surface area contributed by atoms with E-state index in [2.05, 4.69) is 33.7 Å². The molecule has 0 aliphatic carbocycles. The van der Waals surface area contributed by atoms with Gasteiger partial charge in [-0.15, -0.1) is 0 Å². The van der Waals surface area contributed by atoms with Crippen LogP contribution in [0.5, 0.6) is 0 Å². The summed E-state index contributed by atoms with van der Waals surface area (Å²) in [7, 11) is 1.78. The van der Waals surface area contributed by atoms with E-state index in [1.54, 1.807) is 7.05 Å². The van der Waals surface area contributed by atoms with Crippen LogP contribution in [-0.4, -0.2) is 49.0 Å².